The van der Waals surface area contributed by atoms with Gasteiger partial charge < -0.3 is 4.72 Å². The third-order valence-electron chi connectivity index (χ3n) is 2.16. The number of hydrogen-bond donors (Lipinski definition) is 1. The van der Waals surface area contributed by atoms with E-state index in [1.165, 1.54) is 34.9 Å². The van der Waals surface area contributed by atoms with Crippen molar-refractivity contribution in [3.8, 4) is 0 Å². The van der Waals surface area contributed by atoms with Gasteiger partial charge >= 0.3 is 0 Å². The van der Waals surface area contributed by atoms with Crippen molar-refractivity contribution in [2.24, 2.45) is 0 Å². The van der Waals surface area contributed by atoms with E-state index in [2.05, 4.69) is 4.72 Å². The fourth-order valence-electron chi connectivity index (χ4n) is 1.24. The van der Waals surface area contributed by atoms with E-state index in [9.17, 15) is 10.1 Å². The van der Waals surface area contributed by atoms with Crippen LogP contribution >= 0.6 is 34.9 Å². The van der Waals surface area contributed by atoms with Crippen LogP contribution in [-0.4, -0.2) is 4.92 Å². The first-order valence-corrected chi connectivity index (χ1v) is 7.00. The number of hydrogen-bond acceptors (Lipinski definition) is 5. The van der Waals surface area contributed by atoms with Gasteiger partial charge in [-0.25, -0.2) is 0 Å². The normalized spacial score (nSPS) is 10.3. The van der Waals surface area contributed by atoms with Crippen molar-refractivity contribution in [2.75, 3.05) is 4.72 Å². The molecular formula is C11H9ClN2O2S2. The molecule has 1 N–H and O–H groups in total. The van der Waals surface area contributed by atoms with E-state index in [1.54, 1.807) is 0 Å². The highest BCUT2D eigenvalue weighted by Gasteiger charge is 2.17. The van der Waals surface area contributed by atoms with Crippen molar-refractivity contribution in [2.45, 2.75) is 11.1 Å². The maximum absolute atomic E-state index is 10.6. The molecule has 0 aliphatic rings. The number of nitrogens with one attached hydrogen (secondary N) is 1. The number of nitrogens with zero attached hydrogens (tertiary/aromatic N) is 1. The van der Waals surface area contributed by atoms with Gasteiger partial charge in [0.2, 0.25) is 0 Å². The second-order valence-electron chi connectivity index (χ2n) is 3.55. The quantitative estimate of drug-likeness (QED) is 0.503. The minimum Gasteiger partial charge on any atom is -0.325 e. The largest absolute Gasteiger partial charge is 0.325 e. The van der Waals surface area contributed by atoms with Crippen molar-refractivity contribution < 1.29 is 4.92 Å². The average molecular weight is 301 g/mol. The first-order chi connectivity index (χ1) is 8.56. The molecule has 0 aliphatic heterocycles. The first-order valence-electron chi connectivity index (χ1n) is 4.99. The molecule has 0 saturated heterocycles. The van der Waals surface area contributed by atoms with Crippen LogP contribution < -0.4 is 4.72 Å². The highest BCUT2D eigenvalue weighted by Crippen LogP contribution is 2.39. The topological polar surface area (TPSA) is 55.2 Å². The number of aryl methyl sites for hydroxylation is 1. The molecular weight excluding hydrogens is 292 g/mol. The van der Waals surface area contributed by atoms with Crippen molar-refractivity contribution >= 4 is 46.3 Å². The van der Waals surface area contributed by atoms with E-state index in [0.29, 0.717) is 0 Å². The van der Waals surface area contributed by atoms with E-state index < -0.39 is 4.92 Å². The van der Waals surface area contributed by atoms with Gasteiger partial charge in [-0.2, -0.15) is 0 Å². The fourth-order valence-corrected chi connectivity index (χ4v) is 3.41. The number of anilines is 1. The number of thiophene rings is 1. The molecule has 0 bridgehead atoms. The number of rotatable bonds is 4. The van der Waals surface area contributed by atoms with Crippen molar-refractivity contribution in [3.05, 3.63) is 50.3 Å². The second-order valence-corrected chi connectivity index (χ2v) is 6.31. The van der Waals surface area contributed by atoms with Gasteiger partial charge in [0, 0.05) is 11.8 Å². The van der Waals surface area contributed by atoms with Gasteiger partial charge in [0.25, 0.3) is 5.69 Å². The smallest absolute Gasteiger partial charge is 0.299 e. The van der Waals surface area contributed by atoms with Crippen LogP contribution in [0.4, 0.5) is 11.4 Å². The summed E-state index contributed by atoms with van der Waals surface area (Å²) in [4.78, 5) is 10.2. The van der Waals surface area contributed by atoms with Gasteiger partial charge in [-0.15, -0.1) is 11.3 Å². The maximum atomic E-state index is 10.6. The molecule has 7 heteroatoms. The summed E-state index contributed by atoms with van der Waals surface area (Å²) in [6, 6.07) is 9.36. The zero-order valence-electron chi connectivity index (χ0n) is 9.34. The third kappa shape index (κ3) is 3.16. The van der Waals surface area contributed by atoms with Crippen molar-refractivity contribution in [1.29, 1.82) is 0 Å². The van der Waals surface area contributed by atoms with Crippen LogP contribution in [0.3, 0.4) is 0 Å². The van der Waals surface area contributed by atoms with Crippen LogP contribution in [-0.2, 0) is 0 Å². The number of benzene rings is 1. The zero-order valence-corrected chi connectivity index (χ0v) is 11.7. The fraction of sp³-hybridized carbons (Fsp3) is 0.0909. The Bertz CT molecular complexity index is 569. The van der Waals surface area contributed by atoms with Gasteiger partial charge in [-0.1, -0.05) is 29.3 Å². The Morgan fingerprint density at radius 3 is 2.61 bits per heavy atom. The van der Waals surface area contributed by atoms with Crippen molar-refractivity contribution in [3.63, 3.8) is 0 Å². The molecule has 94 valence electrons. The molecule has 0 spiro atoms. The lowest BCUT2D eigenvalue weighted by atomic mass is 10.2. The monoisotopic (exact) mass is 300 g/mol. The van der Waals surface area contributed by atoms with Crippen LogP contribution in [0.2, 0.25) is 4.34 Å². The summed E-state index contributed by atoms with van der Waals surface area (Å²) in [5, 5.41) is 10.6. The molecule has 2 rings (SSSR count). The predicted octanol–water partition coefficient (Wildman–Crippen LogP) is 4.74. The Hall–Kier alpha value is -1.24. The third-order valence-corrected chi connectivity index (χ3v) is 4.45. The molecule has 1 aromatic carbocycles. The Morgan fingerprint density at radius 1 is 1.39 bits per heavy atom. The molecule has 4 nitrogen and oxygen atoms in total. The van der Waals surface area contributed by atoms with E-state index in [0.717, 1.165) is 9.90 Å². The molecule has 18 heavy (non-hydrogen) atoms. The minimum absolute atomic E-state index is 0.0464. The van der Waals surface area contributed by atoms with Crippen molar-refractivity contribution in [1.82, 2.24) is 0 Å². The van der Waals surface area contributed by atoms with Crippen LogP contribution in [0.5, 0.6) is 0 Å². The zero-order chi connectivity index (χ0) is 13.1. The molecule has 1 heterocycles. The standard InChI is InChI=1S/C11H9ClN2O2S2/c1-7-2-4-8(5-3-7)13-18-10-6-9(14(15)16)11(12)17-10/h2-6,13H,1H3. The molecule has 0 saturated carbocycles. The second kappa shape index (κ2) is 5.60. The van der Waals surface area contributed by atoms with Crippen LogP contribution in [0.25, 0.3) is 0 Å². The van der Waals surface area contributed by atoms with Gasteiger partial charge in [0.15, 0.2) is 4.34 Å². The van der Waals surface area contributed by atoms with Gasteiger partial charge in [-0.05, 0) is 31.0 Å². The molecule has 0 amide bonds. The van der Waals surface area contributed by atoms with Gasteiger partial charge in [-0.3, -0.25) is 10.1 Å². The Morgan fingerprint density at radius 2 is 2.06 bits per heavy atom. The lowest BCUT2D eigenvalue weighted by Crippen LogP contribution is -1.85. The molecule has 1 aromatic heterocycles. The summed E-state index contributed by atoms with van der Waals surface area (Å²) >= 11 is 8.28. The molecule has 0 aliphatic carbocycles. The first kappa shape index (κ1) is 13.2. The molecule has 0 fully saturated rings. The molecule has 0 atom stereocenters. The Balaban J connectivity index is 2.04. The average Bonchev–Trinajstić information content (AvgIpc) is 2.70. The lowest BCUT2D eigenvalue weighted by Gasteiger charge is -2.02. The van der Waals surface area contributed by atoms with Gasteiger partial charge in [0.1, 0.15) is 0 Å². The van der Waals surface area contributed by atoms with E-state index >= 15 is 0 Å². The Kier molecular flexibility index (Phi) is 4.11. The summed E-state index contributed by atoms with van der Waals surface area (Å²) in [6.45, 7) is 2.01. The summed E-state index contributed by atoms with van der Waals surface area (Å²) in [5.41, 5.74) is 2.08. The highest BCUT2D eigenvalue weighted by atomic mass is 35.5. The molecule has 0 unspecified atom stereocenters. The summed E-state index contributed by atoms with van der Waals surface area (Å²) in [6.07, 6.45) is 0. The van der Waals surface area contributed by atoms with Crippen LogP contribution in [0.1, 0.15) is 5.56 Å². The summed E-state index contributed by atoms with van der Waals surface area (Å²) < 4.78 is 4.07. The molecule has 0 radical (unpaired) electrons. The maximum Gasteiger partial charge on any atom is 0.299 e. The minimum atomic E-state index is -0.477. The van der Waals surface area contributed by atoms with E-state index in [-0.39, 0.29) is 10.0 Å². The lowest BCUT2D eigenvalue weighted by molar-refractivity contribution is -0.384. The Labute approximate surface area is 117 Å². The van der Waals surface area contributed by atoms with E-state index in [1.807, 2.05) is 31.2 Å². The van der Waals surface area contributed by atoms with Crippen LogP contribution in [0, 0.1) is 17.0 Å². The SMILES string of the molecule is Cc1ccc(NSc2cc([N+](=O)[O-])c(Cl)s2)cc1. The van der Waals surface area contributed by atoms with E-state index in [4.69, 9.17) is 11.6 Å². The summed E-state index contributed by atoms with van der Waals surface area (Å²) in [5.74, 6) is 0. The highest BCUT2D eigenvalue weighted by molar-refractivity contribution is 8.02. The van der Waals surface area contributed by atoms with Gasteiger partial charge in [0.05, 0.1) is 9.13 Å². The predicted molar refractivity (Wildman–Crippen MR) is 76.6 cm³/mol. The number of nitro groups is 1. The number of halogens is 1. The molecule has 2 aromatic rings. The van der Waals surface area contributed by atoms with Crippen LogP contribution in [0.15, 0.2) is 34.5 Å². The summed E-state index contributed by atoms with van der Waals surface area (Å²) in [7, 11) is 0.